The first-order chi connectivity index (χ1) is 12.4. The molecular weight excluding hydrogens is 326 g/mol. The molecule has 4 heteroatoms. The van der Waals surface area contributed by atoms with E-state index in [-0.39, 0.29) is 0 Å². The Morgan fingerprint density at radius 2 is 1.81 bits per heavy atom. The molecule has 1 aliphatic carbocycles. The lowest BCUT2D eigenvalue weighted by molar-refractivity contribution is 0.0604. The standard InChI is InChI=1S/C22H25NO3/c1-22(2,3)26-21(24)23-14-18-13-20(18)17-9-11-19(12-10-17)25-15-16-7-5-4-6-8-16/h4-12,14,18,20H,13,15H2,1-3H3. The smallest absolute Gasteiger partial charge is 0.433 e. The Balaban J connectivity index is 1.48. The van der Waals surface area contributed by atoms with Crippen LogP contribution >= 0.6 is 0 Å². The fraction of sp³-hybridized carbons (Fsp3) is 0.364. The lowest BCUT2D eigenvalue weighted by Gasteiger charge is -2.17. The highest BCUT2D eigenvalue weighted by atomic mass is 16.6. The van der Waals surface area contributed by atoms with Crippen LogP contribution in [0, 0.1) is 5.92 Å². The predicted molar refractivity (Wildman–Crippen MR) is 103 cm³/mol. The molecule has 1 fully saturated rings. The van der Waals surface area contributed by atoms with Crippen LogP contribution in [0.1, 0.15) is 44.2 Å². The number of carbonyl (C=O) groups excluding carboxylic acids is 1. The van der Waals surface area contributed by atoms with Crippen LogP contribution in [0.15, 0.2) is 59.6 Å². The van der Waals surface area contributed by atoms with E-state index in [0.29, 0.717) is 18.4 Å². The zero-order valence-corrected chi connectivity index (χ0v) is 15.5. The molecule has 0 radical (unpaired) electrons. The van der Waals surface area contributed by atoms with Crippen LogP contribution in [0.2, 0.25) is 0 Å². The Morgan fingerprint density at radius 1 is 1.12 bits per heavy atom. The van der Waals surface area contributed by atoms with Gasteiger partial charge in [-0.05, 0) is 56.4 Å². The summed E-state index contributed by atoms with van der Waals surface area (Å²) in [6.45, 7) is 6.07. The molecule has 26 heavy (non-hydrogen) atoms. The first-order valence-corrected chi connectivity index (χ1v) is 8.94. The van der Waals surface area contributed by atoms with Gasteiger partial charge >= 0.3 is 6.09 Å². The maximum absolute atomic E-state index is 11.6. The molecule has 136 valence electrons. The van der Waals surface area contributed by atoms with E-state index in [2.05, 4.69) is 17.1 Å². The average molecular weight is 351 g/mol. The number of carbonyl (C=O) groups is 1. The third-order valence-corrected chi connectivity index (χ3v) is 4.16. The number of rotatable bonds is 5. The maximum Gasteiger partial charge on any atom is 0.433 e. The topological polar surface area (TPSA) is 47.9 Å². The Kier molecular flexibility index (Phi) is 5.40. The van der Waals surface area contributed by atoms with Gasteiger partial charge in [0.1, 0.15) is 18.0 Å². The van der Waals surface area contributed by atoms with Crippen molar-refractivity contribution < 1.29 is 14.3 Å². The number of hydrogen-bond acceptors (Lipinski definition) is 3. The van der Waals surface area contributed by atoms with Gasteiger partial charge in [-0.15, -0.1) is 0 Å². The molecule has 2 unspecified atom stereocenters. The highest BCUT2D eigenvalue weighted by molar-refractivity contribution is 5.82. The summed E-state index contributed by atoms with van der Waals surface area (Å²) >= 11 is 0. The van der Waals surface area contributed by atoms with Gasteiger partial charge in [0.25, 0.3) is 0 Å². The quantitative estimate of drug-likeness (QED) is 0.680. The molecule has 0 N–H and O–H groups in total. The van der Waals surface area contributed by atoms with Gasteiger partial charge in [0.2, 0.25) is 0 Å². The van der Waals surface area contributed by atoms with Gasteiger partial charge in [-0.3, -0.25) is 0 Å². The molecule has 1 amide bonds. The number of hydrogen-bond donors (Lipinski definition) is 0. The lowest BCUT2D eigenvalue weighted by Crippen LogP contribution is -2.21. The summed E-state index contributed by atoms with van der Waals surface area (Å²) in [6.07, 6.45) is 2.21. The number of amides is 1. The lowest BCUT2D eigenvalue weighted by atomic mass is 10.1. The van der Waals surface area contributed by atoms with Gasteiger partial charge in [-0.25, -0.2) is 4.79 Å². The van der Waals surface area contributed by atoms with E-state index >= 15 is 0 Å². The van der Waals surface area contributed by atoms with Crippen LogP contribution in [0.5, 0.6) is 5.75 Å². The molecular formula is C22H25NO3. The molecule has 2 atom stereocenters. The zero-order valence-electron chi connectivity index (χ0n) is 15.5. The van der Waals surface area contributed by atoms with Crippen molar-refractivity contribution in [2.24, 2.45) is 10.9 Å². The number of benzene rings is 2. The van der Waals surface area contributed by atoms with Crippen molar-refractivity contribution in [2.75, 3.05) is 0 Å². The third-order valence-electron chi connectivity index (χ3n) is 4.16. The normalized spacial score (nSPS) is 19.3. The highest BCUT2D eigenvalue weighted by Crippen LogP contribution is 2.46. The van der Waals surface area contributed by atoms with E-state index in [9.17, 15) is 4.79 Å². The summed E-state index contributed by atoms with van der Waals surface area (Å²) in [5, 5.41) is 0. The molecule has 0 aromatic heterocycles. The van der Waals surface area contributed by atoms with E-state index in [0.717, 1.165) is 17.7 Å². The molecule has 0 saturated heterocycles. The van der Waals surface area contributed by atoms with Crippen LogP contribution in [-0.2, 0) is 11.3 Å². The average Bonchev–Trinajstić information content (AvgIpc) is 3.38. The zero-order chi connectivity index (χ0) is 18.6. The van der Waals surface area contributed by atoms with Crippen LogP contribution in [0.4, 0.5) is 4.79 Å². The van der Waals surface area contributed by atoms with Crippen LogP contribution in [-0.4, -0.2) is 17.9 Å². The first-order valence-electron chi connectivity index (χ1n) is 8.94. The Hall–Kier alpha value is -2.62. The summed E-state index contributed by atoms with van der Waals surface area (Å²) in [7, 11) is 0. The minimum Gasteiger partial charge on any atom is -0.489 e. The Labute approximate surface area is 154 Å². The first kappa shape index (κ1) is 18.2. The second-order valence-corrected chi connectivity index (χ2v) is 7.61. The van der Waals surface area contributed by atoms with Crippen molar-refractivity contribution in [3.63, 3.8) is 0 Å². The van der Waals surface area contributed by atoms with Crippen LogP contribution < -0.4 is 4.74 Å². The third kappa shape index (κ3) is 5.45. The summed E-state index contributed by atoms with van der Waals surface area (Å²) in [5.74, 6) is 1.58. The van der Waals surface area contributed by atoms with E-state index < -0.39 is 11.7 Å². The van der Waals surface area contributed by atoms with E-state index in [4.69, 9.17) is 9.47 Å². The molecule has 1 aliphatic rings. The second-order valence-electron chi connectivity index (χ2n) is 7.61. The van der Waals surface area contributed by atoms with Crippen molar-refractivity contribution in [3.8, 4) is 5.75 Å². The number of ether oxygens (including phenoxy) is 2. The van der Waals surface area contributed by atoms with Gasteiger partial charge < -0.3 is 9.47 Å². The van der Waals surface area contributed by atoms with Crippen molar-refractivity contribution in [1.82, 2.24) is 0 Å². The molecule has 0 aliphatic heterocycles. The molecule has 2 aromatic carbocycles. The monoisotopic (exact) mass is 351 g/mol. The molecule has 0 bridgehead atoms. The molecule has 0 spiro atoms. The molecule has 2 aromatic rings. The van der Waals surface area contributed by atoms with Crippen molar-refractivity contribution in [2.45, 2.75) is 45.3 Å². The number of aliphatic imine (C=N–C) groups is 1. The fourth-order valence-corrected chi connectivity index (χ4v) is 2.76. The maximum atomic E-state index is 11.6. The van der Waals surface area contributed by atoms with Crippen LogP contribution in [0.25, 0.3) is 0 Å². The summed E-state index contributed by atoms with van der Waals surface area (Å²) in [6, 6.07) is 18.3. The highest BCUT2D eigenvalue weighted by Gasteiger charge is 2.37. The molecule has 1 saturated carbocycles. The van der Waals surface area contributed by atoms with Gasteiger partial charge in [-0.2, -0.15) is 4.99 Å². The molecule has 0 heterocycles. The van der Waals surface area contributed by atoms with E-state index in [1.54, 1.807) is 6.21 Å². The fourth-order valence-electron chi connectivity index (χ4n) is 2.76. The minimum atomic E-state index is -0.521. The molecule has 4 nitrogen and oxygen atoms in total. The minimum absolute atomic E-state index is 0.304. The Bertz CT molecular complexity index is 760. The summed E-state index contributed by atoms with van der Waals surface area (Å²) in [5.41, 5.74) is 1.89. The largest absolute Gasteiger partial charge is 0.489 e. The number of nitrogens with zero attached hydrogens (tertiary/aromatic N) is 1. The van der Waals surface area contributed by atoms with Gasteiger partial charge in [0, 0.05) is 12.1 Å². The predicted octanol–water partition coefficient (Wildman–Crippen LogP) is 5.38. The van der Waals surface area contributed by atoms with Gasteiger partial charge in [-0.1, -0.05) is 42.5 Å². The SMILES string of the molecule is CC(C)(C)OC(=O)N=CC1CC1c1ccc(OCc2ccccc2)cc1. The van der Waals surface area contributed by atoms with E-state index in [1.807, 2.05) is 63.2 Å². The van der Waals surface area contributed by atoms with Gasteiger partial charge in [0.15, 0.2) is 0 Å². The van der Waals surface area contributed by atoms with Crippen LogP contribution in [0.3, 0.4) is 0 Å². The second kappa shape index (κ2) is 7.73. The summed E-state index contributed by atoms with van der Waals surface area (Å²) in [4.78, 5) is 15.5. The van der Waals surface area contributed by atoms with Crippen molar-refractivity contribution in [1.29, 1.82) is 0 Å². The van der Waals surface area contributed by atoms with Crippen molar-refractivity contribution in [3.05, 3.63) is 65.7 Å². The van der Waals surface area contributed by atoms with Gasteiger partial charge in [0.05, 0.1) is 0 Å². The summed E-state index contributed by atoms with van der Waals surface area (Å²) < 4.78 is 11.0. The van der Waals surface area contributed by atoms with Crippen molar-refractivity contribution >= 4 is 12.3 Å². The molecule has 3 rings (SSSR count). The van der Waals surface area contributed by atoms with E-state index in [1.165, 1.54) is 5.56 Å². The Morgan fingerprint density at radius 3 is 2.46 bits per heavy atom.